The topological polar surface area (TPSA) is 38.3 Å². The van der Waals surface area contributed by atoms with Crippen LogP contribution in [-0.2, 0) is 10.3 Å². The van der Waals surface area contributed by atoms with E-state index in [1.54, 1.807) is 31.2 Å². The number of hydrogen-bond acceptors (Lipinski definition) is 2. The summed E-state index contributed by atoms with van der Waals surface area (Å²) in [6, 6.07) is 10.2. The first kappa shape index (κ1) is 17.4. The normalized spacial score (nSPS) is 13.4. The summed E-state index contributed by atoms with van der Waals surface area (Å²) in [5.41, 5.74) is -0.763. The first-order valence-electron chi connectivity index (χ1n) is 6.91. The zero-order valence-corrected chi connectivity index (χ0v) is 13.5. The minimum Gasteiger partial charge on any atom is -0.372 e. The SMILES string of the molecule is COC(C)(CNC(=O)c1c(F)cccc1F)c1cccc(Cl)c1. The van der Waals surface area contributed by atoms with Crippen molar-refractivity contribution in [1.29, 1.82) is 0 Å². The molecule has 0 aliphatic carbocycles. The van der Waals surface area contributed by atoms with E-state index in [-0.39, 0.29) is 6.54 Å². The fourth-order valence-electron chi connectivity index (χ4n) is 2.16. The molecule has 1 amide bonds. The highest BCUT2D eigenvalue weighted by Crippen LogP contribution is 2.26. The largest absolute Gasteiger partial charge is 0.372 e. The van der Waals surface area contributed by atoms with Gasteiger partial charge < -0.3 is 10.1 Å². The quantitative estimate of drug-likeness (QED) is 0.897. The Morgan fingerprint density at radius 1 is 1.22 bits per heavy atom. The van der Waals surface area contributed by atoms with Crippen LogP contribution in [0, 0.1) is 11.6 Å². The number of methoxy groups -OCH3 is 1. The standard InChI is InChI=1S/C17H16ClF2NO2/c1-17(23-2,11-5-3-6-12(18)9-11)10-21-16(22)15-13(19)7-4-8-14(15)20/h3-9H,10H2,1-2H3,(H,21,22). The Labute approximate surface area is 138 Å². The van der Waals surface area contributed by atoms with Crippen LogP contribution in [0.2, 0.25) is 5.02 Å². The van der Waals surface area contributed by atoms with Crippen molar-refractivity contribution in [3.63, 3.8) is 0 Å². The van der Waals surface area contributed by atoms with Gasteiger partial charge in [-0.15, -0.1) is 0 Å². The highest BCUT2D eigenvalue weighted by molar-refractivity contribution is 6.30. The van der Waals surface area contributed by atoms with E-state index in [0.29, 0.717) is 5.02 Å². The second-order valence-corrected chi connectivity index (χ2v) is 5.66. The first-order chi connectivity index (χ1) is 10.9. The van der Waals surface area contributed by atoms with Gasteiger partial charge in [-0.1, -0.05) is 29.8 Å². The van der Waals surface area contributed by atoms with E-state index in [4.69, 9.17) is 16.3 Å². The maximum atomic E-state index is 13.6. The van der Waals surface area contributed by atoms with Gasteiger partial charge in [0.05, 0.1) is 6.54 Å². The molecule has 0 saturated carbocycles. The number of carbonyl (C=O) groups is 1. The van der Waals surface area contributed by atoms with Gasteiger partial charge in [0.15, 0.2) is 0 Å². The van der Waals surface area contributed by atoms with Gasteiger partial charge in [-0.05, 0) is 36.8 Å². The van der Waals surface area contributed by atoms with Crippen molar-refractivity contribution in [3.8, 4) is 0 Å². The van der Waals surface area contributed by atoms with Gasteiger partial charge in [0, 0.05) is 12.1 Å². The van der Waals surface area contributed by atoms with Crippen LogP contribution in [0.15, 0.2) is 42.5 Å². The molecule has 23 heavy (non-hydrogen) atoms. The van der Waals surface area contributed by atoms with Gasteiger partial charge in [-0.3, -0.25) is 4.79 Å². The number of halogens is 3. The predicted octanol–water partition coefficient (Wildman–Crippen LogP) is 3.91. The summed E-state index contributed by atoms with van der Waals surface area (Å²) in [7, 11) is 1.48. The third kappa shape index (κ3) is 3.86. The Morgan fingerprint density at radius 3 is 2.39 bits per heavy atom. The number of benzene rings is 2. The number of carbonyl (C=O) groups excluding carboxylic acids is 1. The zero-order valence-electron chi connectivity index (χ0n) is 12.7. The molecule has 2 aromatic carbocycles. The van der Waals surface area contributed by atoms with Gasteiger partial charge in [-0.25, -0.2) is 8.78 Å². The van der Waals surface area contributed by atoms with Gasteiger partial charge in [0.1, 0.15) is 22.8 Å². The minimum absolute atomic E-state index is 0.0243. The molecule has 0 heterocycles. The summed E-state index contributed by atoms with van der Waals surface area (Å²) in [5.74, 6) is -2.67. The van der Waals surface area contributed by atoms with E-state index in [1.165, 1.54) is 13.2 Å². The average molecular weight is 340 g/mol. The molecule has 6 heteroatoms. The van der Waals surface area contributed by atoms with Gasteiger partial charge in [0.25, 0.3) is 5.91 Å². The zero-order chi connectivity index (χ0) is 17.0. The summed E-state index contributed by atoms with van der Waals surface area (Å²) in [4.78, 5) is 12.1. The molecule has 0 fully saturated rings. The molecule has 2 aromatic rings. The number of amides is 1. The molecular formula is C17H16ClF2NO2. The number of rotatable bonds is 5. The van der Waals surface area contributed by atoms with Crippen LogP contribution in [0.3, 0.4) is 0 Å². The van der Waals surface area contributed by atoms with Crippen molar-refractivity contribution >= 4 is 17.5 Å². The second kappa shape index (κ2) is 7.06. The van der Waals surface area contributed by atoms with E-state index < -0.39 is 28.7 Å². The predicted molar refractivity (Wildman–Crippen MR) is 84.5 cm³/mol. The second-order valence-electron chi connectivity index (χ2n) is 5.22. The van der Waals surface area contributed by atoms with Crippen molar-refractivity contribution in [2.45, 2.75) is 12.5 Å². The molecule has 1 atom stereocenters. The molecule has 0 aliphatic rings. The molecule has 0 aromatic heterocycles. The molecule has 2 rings (SSSR count). The summed E-state index contributed by atoms with van der Waals surface area (Å²) >= 11 is 5.97. The molecule has 1 unspecified atom stereocenters. The van der Waals surface area contributed by atoms with Gasteiger partial charge in [-0.2, -0.15) is 0 Å². The maximum absolute atomic E-state index is 13.6. The van der Waals surface area contributed by atoms with Crippen molar-refractivity contribution in [2.24, 2.45) is 0 Å². The van der Waals surface area contributed by atoms with Crippen LogP contribution >= 0.6 is 11.6 Å². The lowest BCUT2D eigenvalue weighted by Crippen LogP contribution is -2.40. The van der Waals surface area contributed by atoms with Crippen molar-refractivity contribution in [1.82, 2.24) is 5.32 Å². The third-order valence-electron chi connectivity index (χ3n) is 3.66. The summed E-state index contributed by atoms with van der Waals surface area (Å²) in [6.07, 6.45) is 0. The van der Waals surface area contributed by atoms with Crippen LogP contribution in [0.4, 0.5) is 8.78 Å². The highest BCUT2D eigenvalue weighted by Gasteiger charge is 2.28. The monoisotopic (exact) mass is 339 g/mol. The smallest absolute Gasteiger partial charge is 0.257 e. The lowest BCUT2D eigenvalue weighted by molar-refractivity contribution is 0.00308. The number of ether oxygens (including phenoxy) is 1. The first-order valence-corrected chi connectivity index (χ1v) is 7.28. The van der Waals surface area contributed by atoms with E-state index in [0.717, 1.165) is 17.7 Å². The molecule has 122 valence electrons. The van der Waals surface area contributed by atoms with Crippen LogP contribution in [0.1, 0.15) is 22.8 Å². The maximum Gasteiger partial charge on any atom is 0.257 e. The Bertz CT molecular complexity index is 703. The molecule has 0 saturated heterocycles. The Morgan fingerprint density at radius 2 is 1.83 bits per heavy atom. The Kier molecular flexibility index (Phi) is 5.34. The fourth-order valence-corrected chi connectivity index (χ4v) is 2.35. The van der Waals surface area contributed by atoms with Crippen molar-refractivity contribution in [2.75, 3.05) is 13.7 Å². The van der Waals surface area contributed by atoms with Crippen LogP contribution in [0.5, 0.6) is 0 Å². The third-order valence-corrected chi connectivity index (χ3v) is 3.90. The van der Waals surface area contributed by atoms with E-state index in [9.17, 15) is 13.6 Å². The Hall–Kier alpha value is -1.98. The van der Waals surface area contributed by atoms with Crippen molar-refractivity contribution < 1.29 is 18.3 Å². The minimum atomic E-state index is -0.913. The van der Waals surface area contributed by atoms with Gasteiger partial charge in [0.2, 0.25) is 0 Å². The Balaban J connectivity index is 2.19. The number of nitrogens with one attached hydrogen (secondary N) is 1. The van der Waals surface area contributed by atoms with E-state index >= 15 is 0 Å². The molecule has 0 aliphatic heterocycles. The van der Waals surface area contributed by atoms with E-state index in [2.05, 4.69) is 5.32 Å². The van der Waals surface area contributed by atoms with E-state index in [1.807, 2.05) is 0 Å². The average Bonchev–Trinajstić information content (AvgIpc) is 2.52. The van der Waals surface area contributed by atoms with Crippen LogP contribution in [0.25, 0.3) is 0 Å². The molecule has 0 radical (unpaired) electrons. The fraction of sp³-hybridized carbons (Fsp3) is 0.235. The lowest BCUT2D eigenvalue weighted by atomic mass is 9.95. The molecule has 3 nitrogen and oxygen atoms in total. The lowest BCUT2D eigenvalue weighted by Gasteiger charge is -2.29. The molecule has 0 spiro atoms. The summed E-state index contributed by atoms with van der Waals surface area (Å²) in [5, 5.41) is 3.03. The summed E-state index contributed by atoms with van der Waals surface area (Å²) < 4.78 is 32.7. The summed E-state index contributed by atoms with van der Waals surface area (Å²) in [6.45, 7) is 1.77. The van der Waals surface area contributed by atoms with Crippen LogP contribution in [-0.4, -0.2) is 19.6 Å². The molecular weight excluding hydrogens is 324 g/mol. The van der Waals surface area contributed by atoms with Crippen molar-refractivity contribution in [3.05, 3.63) is 70.2 Å². The highest BCUT2D eigenvalue weighted by atomic mass is 35.5. The molecule has 1 N–H and O–H groups in total. The van der Waals surface area contributed by atoms with Crippen LogP contribution < -0.4 is 5.32 Å². The van der Waals surface area contributed by atoms with Gasteiger partial charge >= 0.3 is 0 Å². The molecule has 0 bridgehead atoms. The number of hydrogen-bond donors (Lipinski definition) is 1.